The summed E-state index contributed by atoms with van der Waals surface area (Å²) in [6, 6.07) is 15.3. The number of aliphatic imine (C=N–C) groups is 1. The summed E-state index contributed by atoms with van der Waals surface area (Å²) in [5.41, 5.74) is 3.46. The van der Waals surface area contributed by atoms with Crippen LogP contribution in [-0.2, 0) is 11.2 Å². The minimum atomic E-state index is -0.279. The molecule has 0 bridgehead atoms. The fourth-order valence-corrected chi connectivity index (χ4v) is 4.82. The van der Waals surface area contributed by atoms with Gasteiger partial charge in [-0.1, -0.05) is 36.4 Å². The maximum absolute atomic E-state index is 13.5. The van der Waals surface area contributed by atoms with Gasteiger partial charge in [0.15, 0.2) is 5.90 Å². The van der Waals surface area contributed by atoms with Crippen molar-refractivity contribution in [3.05, 3.63) is 71.0 Å². The van der Waals surface area contributed by atoms with Crippen LogP contribution in [0.1, 0.15) is 41.9 Å². The summed E-state index contributed by atoms with van der Waals surface area (Å²) < 4.78 is 19.8. The molecular formula is C22H22FNO2. The van der Waals surface area contributed by atoms with Gasteiger partial charge in [-0.25, -0.2) is 4.39 Å². The molecule has 5 rings (SSSR count). The predicted octanol–water partition coefficient (Wildman–Crippen LogP) is 3.84. The minimum absolute atomic E-state index is 0.124. The molecule has 134 valence electrons. The Balaban J connectivity index is 1.51. The zero-order valence-corrected chi connectivity index (χ0v) is 14.6. The second-order valence-corrected chi connectivity index (χ2v) is 7.87. The summed E-state index contributed by atoms with van der Waals surface area (Å²) in [5.74, 6) is 0.888. The Hall–Kier alpha value is -2.20. The van der Waals surface area contributed by atoms with Crippen LogP contribution < -0.4 is 0 Å². The van der Waals surface area contributed by atoms with Gasteiger partial charge in [-0.3, -0.25) is 4.99 Å². The molecule has 1 heterocycles. The largest absolute Gasteiger partial charge is 0.472 e. The molecule has 0 radical (unpaired) electrons. The highest BCUT2D eigenvalue weighted by molar-refractivity contribution is 5.83. The monoisotopic (exact) mass is 351 g/mol. The molecule has 2 aromatic rings. The average molecular weight is 351 g/mol. The van der Waals surface area contributed by atoms with E-state index in [1.165, 1.54) is 23.3 Å². The van der Waals surface area contributed by atoms with E-state index in [1.54, 1.807) is 0 Å². The highest BCUT2D eigenvalue weighted by Crippen LogP contribution is 2.46. The van der Waals surface area contributed by atoms with Crippen LogP contribution in [0.4, 0.5) is 4.39 Å². The minimum Gasteiger partial charge on any atom is -0.472 e. The number of benzene rings is 2. The molecule has 1 N–H and O–H groups in total. The summed E-state index contributed by atoms with van der Waals surface area (Å²) in [4.78, 5) is 4.74. The number of aliphatic hydroxyl groups is 1. The first-order valence-electron chi connectivity index (χ1n) is 9.38. The fraction of sp³-hybridized carbons (Fsp3) is 0.409. The summed E-state index contributed by atoms with van der Waals surface area (Å²) in [6.07, 6.45) is 3.05. The number of nitrogens with zero attached hydrogens (tertiary/aromatic N) is 1. The van der Waals surface area contributed by atoms with Crippen molar-refractivity contribution in [1.82, 2.24) is 0 Å². The van der Waals surface area contributed by atoms with Crippen molar-refractivity contribution in [3.8, 4) is 0 Å². The molecule has 3 nitrogen and oxygen atoms in total. The van der Waals surface area contributed by atoms with Crippen LogP contribution in [-0.4, -0.2) is 29.3 Å². The summed E-state index contributed by atoms with van der Waals surface area (Å²) in [7, 11) is 0. The number of hydrogen-bond acceptors (Lipinski definition) is 3. The second kappa shape index (κ2) is 5.92. The maximum atomic E-state index is 13.5. The second-order valence-electron chi connectivity index (χ2n) is 7.87. The highest BCUT2D eigenvalue weighted by Gasteiger charge is 2.51. The van der Waals surface area contributed by atoms with Crippen molar-refractivity contribution in [2.24, 2.45) is 10.9 Å². The van der Waals surface area contributed by atoms with Gasteiger partial charge in [-0.05, 0) is 41.7 Å². The Bertz CT molecular complexity index is 855. The van der Waals surface area contributed by atoms with Crippen molar-refractivity contribution in [2.45, 2.75) is 43.3 Å². The third-order valence-electron chi connectivity index (χ3n) is 6.12. The van der Waals surface area contributed by atoms with Gasteiger partial charge in [-0.2, -0.15) is 0 Å². The topological polar surface area (TPSA) is 41.8 Å². The molecule has 0 saturated heterocycles. The summed E-state index contributed by atoms with van der Waals surface area (Å²) in [6.45, 7) is 0.647. The van der Waals surface area contributed by atoms with Gasteiger partial charge in [0.05, 0.1) is 12.6 Å². The zero-order chi connectivity index (χ0) is 17.7. The molecule has 1 saturated carbocycles. The van der Waals surface area contributed by atoms with Gasteiger partial charge in [0, 0.05) is 24.7 Å². The van der Waals surface area contributed by atoms with Gasteiger partial charge in [-0.15, -0.1) is 0 Å². The van der Waals surface area contributed by atoms with E-state index in [4.69, 9.17) is 9.73 Å². The van der Waals surface area contributed by atoms with Crippen LogP contribution in [0.25, 0.3) is 0 Å². The number of fused-ring (bicyclic) bond motifs is 1. The van der Waals surface area contributed by atoms with Crippen LogP contribution in [0.3, 0.4) is 0 Å². The molecule has 0 amide bonds. The number of hydrogen-bond donors (Lipinski definition) is 1. The number of aryl methyl sites for hydroxylation is 1. The molecule has 1 aliphatic heterocycles. The van der Waals surface area contributed by atoms with Crippen molar-refractivity contribution in [2.75, 3.05) is 6.54 Å². The molecule has 2 aliphatic carbocycles. The Morgan fingerprint density at radius 3 is 2.62 bits per heavy atom. The predicted molar refractivity (Wildman–Crippen MR) is 97.9 cm³/mol. The Morgan fingerprint density at radius 2 is 1.85 bits per heavy atom. The molecule has 3 aliphatic rings. The summed E-state index contributed by atoms with van der Waals surface area (Å²) >= 11 is 0. The zero-order valence-electron chi connectivity index (χ0n) is 14.6. The van der Waals surface area contributed by atoms with Crippen LogP contribution in [0, 0.1) is 11.7 Å². The van der Waals surface area contributed by atoms with E-state index in [0.717, 1.165) is 24.3 Å². The van der Waals surface area contributed by atoms with Crippen molar-refractivity contribution < 1.29 is 14.2 Å². The van der Waals surface area contributed by atoms with E-state index in [1.807, 2.05) is 12.1 Å². The van der Waals surface area contributed by atoms with E-state index >= 15 is 0 Å². The first-order valence-corrected chi connectivity index (χ1v) is 9.38. The molecule has 26 heavy (non-hydrogen) atoms. The van der Waals surface area contributed by atoms with Gasteiger partial charge in [0.1, 0.15) is 11.4 Å². The highest BCUT2D eigenvalue weighted by atomic mass is 19.1. The number of halogens is 1. The van der Waals surface area contributed by atoms with Gasteiger partial charge in [0.25, 0.3) is 0 Å². The molecule has 0 aromatic heterocycles. The maximum Gasteiger partial charge on any atom is 0.188 e. The van der Waals surface area contributed by atoms with Gasteiger partial charge >= 0.3 is 0 Å². The Morgan fingerprint density at radius 1 is 1.08 bits per heavy atom. The van der Waals surface area contributed by atoms with E-state index < -0.39 is 0 Å². The first-order chi connectivity index (χ1) is 12.6. The van der Waals surface area contributed by atoms with Crippen molar-refractivity contribution >= 4 is 5.90 Å². The van der Waals surface area contributed by atoms with E-state index in [-0.39, 0.29) is 29.4 Å². The van der Waals surface area contributed by atoms with Crippen LogP contribution in [0.2, 0.25) is 0 Å². The lowest BCUT2D eigenvalue weighted by molar-refractivity contribution is -0.0870. The third kappa shape index (κ3) is 2.55. The summed E-state index contributed by atoms with van der Waals surface area (Å²) in [5, 5.41) is 9.69. The van der Waals surface area contributed by atoms with E-state index in [0.29, 0.717) is 19.4 Å². The van der Waals surface area contributed by atoms with Crippen LogP contribution in [0.5, 0.6) is 0 Å². The number of rotatable bonds is 2. The fourth-order valence-electron chi connectivity index (χ4n) is 4.82. The van der Waals surface area contributed by atoms with Crippen LogP contribution in [0.15, 0.2) is 53.5 Å². The van der Waals surface area contributed by atoms with Crippen LogP contribution >= 0.6 is 0 Å². The Labute approximate surface area is 152 Å². The molecule has 2 aromatic carbocycles. The average Bonchev–Trinajstić information content (AvgIpc) is 3.06. The molecule has 4 heteroatoms. The molecule has 1 fully saturated rings. The standard InChI is InChI=1S/C22H22FNO2/c23-16-8-5-15(6-9-16)20-18-4-2-1-3-14(18)7-10-19(20)21-24-13-22(26-21)11-17(25)12-22/h1-6,8-9,17,19-20,25H,7,10-13H2/t17?,19?,20-,22?/m0/s1. The van der Waals surface area contributed by atoms with Gasteiger partial charge in [0.2, 0.25) is 0 Å². The number of ether oxygens (including phenoxy) is 1. The smallest absolute Gasteiger partial charge is 0.188 e. The van der Waals surface area contributed by atoms with Crippen molar-refractivity contribution in [1.29, 1.82) is 0 Å². The normalized spacial score (nSPS) is 32.5. The lowest BCUT2D eigenvalue weighted by atomic mass is 9.71. The molecule has 1 spiro atoms. The molecule has 1 unspecified atom stereocenters. The number of aliphatic hydroxyl groups excluding tert-OH is 1. The lowest BCUT2D eigenvalue weighted by Crippen LogP contribution is -2.50. The quantitative estimate of drug-likeness (QED) is 0.893. The molecule has 2 atom stereocenters. The Kier molecular flexibility index (Phi) is 3.64. The first kappa shape index (κ1) is 16.0. The lowest BCUT2D eigenvalue weighted by Gasteiger charge is -2.42. The van der Waals surface area contributed by atoms with Gasteiger partial charge < -0.3 is 9.84 Å². The third-order valence-corrected chi connectivity index (χ3v) is 6.12. The van der Waals surface area contributed by atoms with E-state index in [9.17, 15) is 9.50 Å². The SMILES string of the molecule is OC1CC2(CN=C(C3CCc4ccccc4[C@@H]3c3ccc(F)cc3)O2)C1. The van der Waals surface area contributed by atoms with E-state index in [2.05, 4.69) is 24.3 Å². The van der Waals surface area contributed by atoms with Crippen molar-refractivity contribution in [3.63, 3.8) is 0 Å². The molecular weight excluding hydrogens is 329 g/mol.